The smallest absolute Gasteiger partial charge is 0.191 e. The fourth-order valence-corrected chi connectivity index (χ4v) is 3.76. The van der Waals surface area contributed by atoms with Crippen molar-refractivity contribution in [2.24, 2.45) is 7.05 Å². The van der Waals surface area contributed by atoms with Crippen LogP contribution in [0.1, 0.15) is 55.5 Å². The molecular weight excluding hydrogens is 334 g/mol. The van der Waals surface area contributed by atoms with Crippen LogP contribution in [0.3, 0.4) is 0 Å². The molecule has 2 rings (SSSR count). The Morgan fingerprint density at radius 1 is 1.32 bits per heavy atom. The van der Waals surface area contributed by atoms with E-state index in [1.165, 1.54) is 11.8 Å². The highest BCUT2D eigenvalue weighted by Gasteiger charge is 2.22. The van der Waals surface area contributed by atoms with Gasteiger partial charge in [-0.15, -0.1) is 10.2 Å². The van der Waals surface area contributed by atoms with Gasteiger partial charge in [0.25, 0.3) is 0 Å². The summed E-state index contributed by atoms with van der Waals surface area (Å²) in [6.45, 7) is 5.23. The third-order valence-corrected chi connectivity index (χ3v) is 5.32. The summed E-state index contributed by atoms with van der Waals surface area (Å²) in [4.78, 5) is 14.6. The third kappa shape index (κ3) is 4.73. The Balaban J connectivity index is 2.17. The summed E-state index contributed by atoms with van der Waals surface area (Å²) in [6, 6.07) is 3.99. The SMILES string of the molecule is CCCCn1c(SCC(=O)c2cccn2C)nnc1C(CC)N(C)C. The van der Waals surface area contributed by atoms with Crippen LogP contribution in [-0.4, -0.2) is 49.9 Å². The number of carbonyl (C=O) groups excluding carboxylic acids is 1. The summed E-state index contributed by atoms with van der Waals surface area (Å²) in [5.74, 6) is 1.49. The number of ketones is 1. The molecule has 2 aromatic heterocycles. The van der Waals surface area contributed by atoms with Crippen molar-refractivity contribution in [1.29, 1.82) is 0 Å². The van der Waals surface area contributed by atoms with E-state index in [0.717, 1.165) is 42.5 Å². The molecule has 0 aliphatic heterocycles. The topological polar surface area (TPSA) is 56.0 Å². The first-order valence-corrected chi connectivity index (χ1v) is 9.84. The van der Waals surface area contributed by atoms with Crippen LogP contribution in [0.2, 0.25) is 0 Å². The van der Waals surface area contributed by atoms with E-state index < -0.39 is 0 Å². The second-order valence-electron chi connectivity index (χ2n) is 6.45. The molecule has 6 nitrogen and oxygen atoms in total. The maximum absolute atomic E-state index is 12.4. The lowest BCUT2D eigenvalue weighted by molar-refractivity contribution is 0.101. The van der Waals surface area contributed by atoms with Crippen molar-refractivity contribution in [3.8, 4) is 0 Å². The summed E-state index contributed by atoms with van der Waals surface area (Å²) in [6.07, 6.45) is 5.06. The number of hydrogen-bond donors (Lipinski definition) is 0. The monoisotopic (exact) mass is 363 g/mol. The molecule has 0 amide bonds. The highest BCUT2D eigenvalue weighted by Crippen LogP contribution is 2.26. The van der Waals surface area contributed by atoms with E-state index in [4.69, 9.17) is 0 Å². The summed E-state index contributed by atoms with van der Waals surface area (Å²) in [5.41, 5.74) is 0.729. The van der Waals surface area contributed by atoms with Gasteiger partial charge in [0.15, 0.2) is 16.8 Å². The molecule has 25 heavy (non-hydrogen) atoms. The minimum Gasteiger partial charge on any atom is -0.348 e. The zero-order chi connectivity index (χ0) is 18.4. The first-order valence-electron chi connectivity index (χ1n) is 8.86. The van der Waals surface area contributed by atoms with E-state index in [2.05, 4.69) is 47.6 Å². The first kappa shape index (κ1) is 19.7. The van der Waals surface area contributed by atoms with Gasteiger partial charge >= 0.3 is 0 Å². The quantitative estimate of drug-likeness (QED) is 0.478. The molecule has 0 aliphatic rings. The van der Waals surface area contributed by atoms with Gasteiger partial charge in [0.2, 0.25) is 0 Å². The molecule has 0 spiro atoms. The van der Waals surface area contributed by atoms with Crippen molar-refractivity contribution in [3.63, 3.8) is 0 Å². The maximum atomic E-state index is 12.4. The fourth-order valence-electron chi connectivity index (χ4n) is 2.91. The predicted molar refractivity (Wildman–Crippen MR) is 102 cm³/mol. The van der Waals surface area contributed by atoms with Crippen LogP contribution in [0, 0.1) is 0 Å². The molecule has 0 radical (unpaired) electrons. The Labute approximate surface area is 154 Å². The van der Waals surface area contributed by atoms with Crippen molar-refractivity contribution in [2.45, 2.75) is 50.9 Å². The zero-order valence-electron chi connectivity index (χ0n) is 15.9. The van der Waals surface area contributed by atoms with E-state index in [1.54, 1.807) is 0 Å². The maximum Gasteiger partial charge on any atom is 0.191 e. The van der Waals surface area contributed by atoms with Crippen molar-refractivity contribution in [2.75, 3.05) is 19.8 Å². The van der Waals surface area contributed by atoms with Gasteiger partial charge < -0.3 is 9.13 Å². The number of nitrogens with zero attached hydrogens (tertiary/aromatic N) is 5. The van der Waals surface area contributed by atoms with Crippen molar-refractivity contribution in [3.05, 3.63) is 29.8 Å². The van der Waals surface area contributed by atoms with Crippen LogP contribution >= 0.6 is 11.8 Å². The molecule has 7 heteroatoms. The number of unbranched alkanes of at least 4 members (excludes halogenated alkanes) is 1. The van der Waals surface area contributed by atoms with Gasteiger partial charge in [-0.1, -0.05) is 32.0 Å². The molecule has 0 saturated carbocycles. The van der Waals surface area contributed by atoms with E-state index in [1.807, 2.05) is 29.9 Å². The normalized spacial score (nSPS) is 12.7. The second kappa shape index (κ2) is 9.20. The summed E-state index contributed by atoms with van der Waals surface area (Å²) in [5, 5.41) is 9.68. The minimum absolute atomic E-state index is 0.115. The van der Waals surface area contributed by atoms with Crippen LogP contribution in [-0.2, 0) is 13.6 Å². The van der Waals surface area contributed by atoms with Gasteiger partial charge in [0.1, 0.15) is 0 Å². The van der Waals surface area contributed by atoms with E-state index in [-0.39, 0.29) is 11.8 Å². The molecular formula is C18H29N5OS. The number of aromatic nitrogens is 4. The van der Waals surface area contributed by atoms with Crippen molar-refractivity contribution in [1.82, 2.24) is 24.2 Å². The average Bonchev–Trinajstić information content (AvgIpc) is 3.17. The predicted octanol–water partition coefficient (Wildman–Crippen LogP) is 3.40. The van der Waals surface area contributed by atoms with Gasteiger partial charge in [-0.3, -0.25) is 9.69 Å². The van der Waals surface area contributed by atoms with Gasteiger partial charge in [-0.25, -0.2) is 0 Å². The Hall–Kier alpha value is -1.60. The molecule has 0 bridgehead atoms. The largest absolute Gasteiger partial charge is 0.348 e. The summed E-state index contributed by atoms with van der Waals surface area (Å²) < 4.78 is 4.05. The number of rotatable bonds is 10. The second-order valence-corrected chi connectivity index (χ2v) is 7.39. The first-order chi connectivity index (χ1) is 12.0. The van der Waals surface area contributed by atoms with Crippen LogP contribution < -0.4 is 0 Å². The molecule has 0 aromatic carbocycles. The van der Waals surface area contributed by atoms with E-state index >= 15 is 0 Å². The molecule has 0 fully saturated rings. The number of aryl methyl sites for hydroxylation is 1. The molecule has 2 aromatic rings. The number of hydrogen-bond acceptors (Lipinski definition) is 5. The van der Waals surface area contributed by atoms with E-state index in [9.17, 15) is 4.79 Å². The highest BCUT2D eigenvalue weighted by atomic mass is 32.2. The van der Waals surface area contributed by atoms with Crippen LogP contribution in [0.4, 0.5) is 0 Å². The van der Waals surface area contributed by atoms with Crippen molar-refractivity contribution < 1.29 is 4.79 Å². The Bertz CT molecular complexity index is 691. The molecule has 138 valence electrons. The minimum atomic E-state index is 0.115. The van der Waals surface area contributed by atoms with Crippen molar-refractivity contribution >= 4 is 17.5 Å². The van der Waals surface area contributed by atoms with Crippen LogP contribution in [0.15, 0.2) is 23.5 Å². The lowest BCUT2D eigenvalue weighted by Crippen LogP contribution is -2.23. The Kier molecular flexibility index (Phi) is 7.25. The number of Topliss-reactive ketones (excluding diaryl/α,β-unsaturated/α-hetero) is 1. The van der Waals surface area contributed by atoms with Gasteiger partial charge in [-0.2, -0.15) is 0 Å². The van der Waals surface area contributed by atoms with Crippen LogP contribution in [0.5, 0.6) is 0 Å². The molecule has 0 aliphatic carbocycles. The molecule has 1 unspecified atom stereocenters. The molecule has 2 heterocycles. The summed E-state index contributed by atoms with van der Waals surface area (Å²) >= 11 is 1.48. The molecule has 0 N–H and O–H groups in total. The zero-order valence-corrected chi connectivity index (χ0v) is 16.7. The fraction of sp³-hybridized carbons (Fsp3) is 0.611. The Morgan fingerprint density at radius 3 is 2.64 bits per heavy atom. The average molecular weight is 364 g/mol. The molecule has 0 saturated heterocycles. The number of carbonyl (C=O) groups is 1. The van der Waals surface area contributed by atoms with E-state index in [0.29, 0.717) is 5.75 Å². The lowest BCUT2D eigenvalue weighted by Gasteiger charge is -2.23. The lowest BCUT2D eigenvalue weighted by atomic mass is 10.2. The van der Waals surface area contributed by atoms with Gasteiger partial charge in [-0.05, 0) is 39.1 Å². The van der Waals surface area contributed by atoms with Gasteiger partial charge in [0.05, 0.1) is 17.5 Å². The van der Waals surface area contributed by atoms with Crippen LogP contribution in [0.25, 0.3) is 0 Å². The van der Waals surface area contributed by atoms with Gasteiger partial charge in [0, 0.05) is 19.8 Å². The third-order valence-electron chi connectivity index (χ3n) is 4.35. The summed E-state index contributed by atoms with van der Waals surface area (Å²) in [7, 11) is 6.03. The standard InChI is InChI=1S/C18H29N5OS/c1-6-8-12-23-17(14(7-2)21(3)4)19-20-18(23)25-13-16(24)15-10-9-11-22(15)5/h9-11,14H,6-8,12-13H2,1-5H3. The molecule has 1 atom stereocenters. The Morgan fingerprint density at radius 2 is 2.08 bits per heavy atom. The number of thioether (sulfide) groups is 1. The highest BCUT2D eigenvalue weighted by molar-refractivity contribution is 7.99.